The Labute approximate surface area is 56.9 Å². The second-order valence-electron chi connectivity index (χ2n) is 1.89. The quantitative estimate of drug-likeness (QED) is 0.599. The molecule has 0 amide bonds. The van der Waals surface area contributed by atoms with Gasteiger partial charge >= 0.3 is 0 Å². The van der Waals surface area contributed by atoms with Gasteiger partial charge in [-0.05, 0) is 13.2 Å². The van der Waals surface area contributed by atoms with Crippen molar-refractivity contribution in [2.24, 2.45) is 0 Å². The van der Waals surface area contributed by atoms with Gasteiger partial charge in [-0.15, -0.1) is 0 Å². The summed E-state index contributed by atoms with van der Waals surface area (Å²) in [7, 11) is 3.81. The van der Waals surface area contributed by atoms with Crippen molar-refractivity contribution in [2.45, 2.75) is 0 Å². The minimum Gasteiger partial charge on any atom is -0.354 e. The monoisotopic (exact) mass is 126 g/mol. The van der Waals surface area contributed by atoms with E-state index in [4.69, 9.17) is 0 Å². The molecule has 0 rings (SSSR count). The number of rotatable bonds is 4. The zero-order valence-electron chi connectivity index (χ0n) is 6.15. The first-order valence-electron chi connectivity index (χ1n) is 2.90. The van der Waals surface area contributed by atoms with Crippen molar-refractivity contribution in [1.29, 1.82) is 0 Å². The van der Waals surface area contributed by atoms with Crippen molar-refractivity contribution in [1.82, 2.24) is 10.2 Å². The van der Waals surface area contributed by atoms with Gasteiger partial charge in [0.25, 0.3) is 0 Å². The van der Waals surface area contributed by atoms with Crippen molar-refractivity contribution < 1.29 is 0 Å². The number of nitrogens with zero attached hydrogens (tertiary/aromatic N) is 1. The van der Waals surface area contributed by atoms with Crippen LogP contribution in [0.15, 0.2) is 25.1 Å². The maximum atomic E-state index is 3.81. The largest absolute Gasteiger partial charge is 0.354 e. The molecule has 2 heteroatoms. The molecule has 0 radical (unpaired) electrons. The van der Waals surface area contributed by atoms with Crippen LogP contribution in [-0.4, -0.2) is 25.5 Å². The van der Waals surface area contributed by atoms with E-state index in [-0.39, 0.29) is 0 Å². The Morgan fingerprint density at radius 3 is 2.67 bits per heavy atom. The summed E-state index contributed by atoms with van der Waals surface area (Å²) in [4.78, 5) is 1.89. The van der Waals surface area contributed by atoms with E-state index in [1.807, 2.05) is 19.0 Å². The maximum Gasteiger partial charge on any atom is 0.0350 e. The Morgan fingerprint density at radius 1 is 1.78 bits per heavy atom. The lowest BCUT2D eigenvalue weighted by molar-refractivity contribution is 0.545. The lowest BCUT2D eigenvalue weighted by Crippen LogP contribution is -2.19. The molecule has 0 heterocycles. The van der Waals surface area contributed by atoms with Gasteiger partial charge in [0.15, 0.2) is 0 Å². The summed E-state index contributed by atoms with van der Waals surface area (Å²) in [5.41, 5.74) is 1.02. The van der Waals surface area contributed by atoms with Crippen LogP contribution in [0.5, 0.6) is 0 Å². The summed E-state index contributed by atoms with van der Waals surface area (Å²) in [6.07, 6.45) is 1.74. The minimum absolute atomic E-state index is 0.808. The summed E-state index contributed by atoms with van der Waals surface area (Å²) in [5, 5.41) is 2.99. The summed E-state index contributed by atoms with van der Waals surface area (Å²) in [6.45, 7) is 8.22. The molecule has 0 saturated heterocycles. The third kappa shape index (κ3) is 2.93. The Hall–Kier alpha value is -0.760. The predicted molar refractivity (Wildman–Crippen MR) is 41.0 cm³/mol. The van der Waals surface area contributed by atoms with Crippen LogP contribution in [0, 0.1) is 0 Å². The van der Waals surface area contributed by atoms with Crippen LogP contribution in [0.1, 0.15) is 0 Å². The molecule has 0 unspecified atom stereocenters. The number of nitrogens with one attached hydrogen (secondary N) is 1. The van der Waals surface area contributed by atoms with Crippen molar-refractivity contribution >= 4 is 0 Å². The van der Waals surface area contributed by atoms with E-state index >= 15 is 0 Å². The summed E-state index contributed by atoms with van der Waals surface area (Å²) in [5.74, 6) is 0. The predicted octanol–water partition coefficient (Wildman–Crippen LogP) is 0.795. The van der Waals surface area contributed by atoms with Gasteiger partial charge in [-0.3, -0.25) is 0 Å². The third-order valence-corrected chi connectivity index (χ3v) is 1.15. The molecule has 0 aromatic carbocycles. The lowest BCUT2D eigenvalue weighted by Gasteiger charge is -2.15. The molecule has 1 N–H and O–H groups in total. The summed E-state index contributed by atoms with van der Waals surface area (Å²) in [6, 6.07) is 0. The first kappa shape index (κ1) is 8.24. The second-order valence-corrected chi connectivity index (χ2v) is 1.89. The van der Waals surface area contributed by atoms with Crippen molar-refractivity contribution in [3.8, 4) is 0 Å². The lowest BCUT2D eigenvalue weighted by atomic mass is 10.4. The molecule has 2 nitrogen and oxygen atoms in total. The molecular formula is C7H14N2. The van der Waals surface area contributed by atoms with Gasteiger partial charge in [-0.25, -0.2) is 0 Å². The smallest absolute Gasteiger partial charge is 0.0350 e. The highest BCUT2D eigenvalue weighted by atomic mass is 15.1. The fraction of sp³-hybridized carbons (Fsp3) is 0.429. The van der Waals surface area contributed by atoms with E-state index in [9.17, 15) is 0 Å². The first-order chi connectivity index (χ1) is 4.22. The third-order valence-electron chi connectivity index (χ3n) is 1.15. The topological polar surface area (TPSA) is 15.3 Å². The highest BCUT2D eigenvalue weighted by Crippen LogP contribution is 1.94. The van der Waals surface area contributed by atoms with Gasteiger partial charge < -0.3 is 10.2 Å². The fourth-order valence-corrected chi connectivity index (χ4v) is 0.458. The minimum atomic E-state index is 0.808. The zero-order chi connectivity index (χ0) is 7.28. The van der Waals surface area contributed by atoms with Crippen LogP contribution in [0.3, 0.4) is 0 Å². The molecule has 52 valence electrons. The Balaban J connectivity index is 3.58. The van der Waals surface area contributed by atoms with Crippen LogP contribution in [0.25, 0.3) is 0 Å². The van der Waals surface area contributed by atoms with Crippen molar-refractivity contribution in [3.05, 3.63) is 25.1 Å². The molecule has 0 aliphatic rings. The molecule has 0 bridgehead atoms. The summed E-state index contributed by atoms with van der Waals surface area (Å²) < 4.78 is 0. The number of hydrogen-bond acceptors (Lipinski definition) is 2. The van der Waals surface area contributed by atoms with E-state index in [1.54, 1.807) is 6.20 Å². The van der Waals surface area contributed by atoms with Crippen LogP contribution in [0.2, 0.25) is 0 Å². The maximum absolute atomic E-state index is 3.81. The van der Waals surface area contributed by atoms with Crippen molar-refractivity contribution in [2.75, 3.05) is 20.6 Å². The SMILES string of the molecule is C=CN(C)C(=C)CNC. The van der Waals surface area contributed by atoms with Crippen LogP contribution in [-0.2, 0) is 0 Å². The highest BCUT2D eigenvalue weighted by molar-refractivity contribution is 4.98. The van der Waals surface area contributed by atoms with Gasteiger partial charge in [-0.1, -0.05) is 13.2 Å². The molecular weight excluding hydrogens is 112 g/mol. The number of likely N-dealkylation sites (N-methyl/N-ethyl adjacent to an activating group) is 2. The first-order valence-corrected chi connectivity index (χ1v) is 2.90. The van der Waals surface area contributed by atoms with Crippen LogP contribution < -0.4 is 5.32 Å². The van der Waals surface area contributed by atoms with E-state index in [1.165, 1.54) is 0 Å². The highest BCUT2D eigenvalue weighted by Gasteiger charge is 1.92. The average molecular weight is 126 g/mol. The molecule has 0 aliphatic carbocycles. The molecule has 0 saturated carbocycles. The summed E-state index contributed by atoms with van der Waals surface area (Å²) >= 11 is 0. The van der Waals surface area contributed by atoms with Crippen LogP contribution in [0.4, 0.5) is 0 Å². The van der Waals surface area contributed by atoms with Crippen LogP contribution >= 0.6 is 0 Å². The molecule has 9 heavy (non-hydrogen) atoms. The van der Waals surface area contributed by atoms with E-state index < -0.39 is 0 Å². The molecule has 0 spiro atoms. The fourth-order valence-electron chi connectivity index (χ4n) is 0.458. The number of hydrogen-bond donors (Lipinski definition) is 1. The standard InChI is InChI=1S/C7H14N2/c1-5-9(4)7(2)6-8-3/h5,8H,1-2,6H2,3-4H3. The molecule has 0 aromatic heterocycles. The molecule has 0 aliphatic heterocycles. The molecule has 0 atom stereocenters. The Bertz CT molecular complexity index is 107. The van der Waals surface area contributed by atoms with E-state index in [0.717, 1.165) is 12.2 Å². The Morgan fingerprint density at radius 2 is 2.33 bits per heavy atom. The second kappa shape index (κ2) is 4.15. The van der Waals surface area contributed by atoms with Gasteiger partial charge in [-0.2, -0.15) is 0 Å². The van der Waals surface area contributed by atoms with E-state index in [0.29, 0.717) is 0 Å². The van der Waals surface area contributed by atoms with Crippen molar-refractivity contribution in [3.63, 3.8) is 0 Å². The Kier molecular flexibility index (Phi) is 3.80. The van der Waals surface area contributed by atoms with E-state index in [2.05, 4.69) is 18.5 Å². The normalized spacial score (nSPS) is 8.67. The average Bonchev–Trinajstić information content (AvgIpc) is 1.87. The van der Waals surface area contributed by atoms with Gasteiger partial charge in [0, 0.05) is 19.3 Å². The zero-order valence-corrected chi connectivity index (χ0v) is 6.15. The molecule has 0 aromatic rings. The van der Waals surface area contributed by atoms with Gasteiger partial charge in [0.1, 0.15) is 0 Å². The molecule has 0 fully saturated rings. The van der Waals surface area contributed by atoms with Gasteiger partial charge in [0.05, 0.1) is 0 Å². The van der Waals surface area contributed by atoms with Gasteiger partial charge in [0.2, 0.25) is 0 Å².